The minimum Gasteiger partial charge on any atom is -0.468 e. The first-order valence-corrected chi connectivity index (χ1v) is 32.9. The summed E-state index contributed by atoms with van der Waals surface area (Å²) in [7, 11) is 0. The van der Waals surface area contributed by atoms with Gasteiger partial charge in [-0.15, -0.1) is 0 Å². The highest BCUT2D eigenvalue weighted by atomic mass is 16.3. The highest BCUT2D eigenvalue weighted by molar-refractivity contribution is 7.03. The number of furan rings is 2. The van der Waals surface area contributed by atoms with Crippen LogP contribution in [0, 0.1) is 0 Å². The van der Waals surface area contributed by atoms with Crippen molar-refractivity contribution < 1.29 is 8.83 Å². The molecule has 0 bridgehead atoms. The molecule has 0 aliphatic carbocycles. The molecule has 4 aliphatic rings. The molecule has 8 nitrogen and oxygen atoms in total. The number of fused-ring (bicyclic) bond motifs is 13. The molecule has 448 valence electrons. The number of anilines is 18. The van der Waals surface area contributed by atoms with Gasteiger partial charge in [-0.1, -0.05) is 182 Å². The summed E-state index contributed by atoms with van der Waals surface area (Å²) >= 11 is 0. The van der Waals surface area contributed by atoms with Crippen LogP contribution in [-0.2, 0) is 0 Å². The molecule has 16 aromatic rings. The quantitative estimate of drug-likeness (QED) is 0.126. The molecule has 96 heavy (non-hydrogen) atoms. The van der Waals surface area contributed by atoms with E-state index in [2.05, 4.69) is 369 Å². The summed E-state index contributed by atoms with van der Waals surface area (Å²) in [5, 5.41) is 3.19. The van der Waals surface area contributed by atoms with Crippen molar-refractivity contribution in [3.05, 3.63) is 340 Å². The SMILES string of the molecule is c1ccc(N(c2ccccc2)c2cc3c4c(c2)N(c2ccccc2)c2cc5c(cc2B4c2cc4c(cc2N3c2ccccc2)N(c2ccccc2)c2cc(N(c3ccccc3)c3ccccc3)cc3c2B4c2oc4ccccc4c2N3c2ccccc2)oc2ccccc25)cc1. The van der Waals surface area contributed by atoms with Gasteiger partial charge in [-0.05, 0) is 185 Å². The standard InChI is InChI=1S/C86H56B2N6O2/c1-9-29-57(30-10-1)89(58-31-11-2-12-32-58)65-49-76-83-77(50-65)92(62-39-19-6-20-40-62)74-56-75-71(54-70(74)87(83)72-55-82-69(67-45-25-27-47-80(67)95-82)53-73(72)91(76)61-37-17-5-18-38-61)88-84-78(93(75)63-41-21-7-22-42-63)51-66(90(59-33-13-3-14-34-59)60-35-15-4-16-36-60)52-79(84)94(64-43-23-8-24-44-64)85-68-46-26-28-48-81(68)96-86(85)88/h1-56H. The Bertz CT molecular complexity index is 5630. The van der Waals surface area contributed by atoms with Crippen molar-refractivity contribution in [3.63, 3.8) is 0 Å². The third-order valence-electron chi connectivity index (χ3n) is 19.9. The highest BCUT2D eigenvalue weighted by Gasteiger charge is 2.51. The molecule has 0 amide bonds. The molecule has 0 spiro atoms. The second-order valence-corrected chi connectivity index (χ2v) is 25.1. The number of hydrogen-bond donors (Lipinski definition) is 0. The molecule has 0 saturated carbocycles. The molecular weight excluding hydrogens is 1170 g/mol. The number of rotatable bonds is 10. The molecule has 20 rings (SSSR count). The second kappa shape index (κ2) is 21.5. The summed E-state index contributed by atoms with van der Waals surface area (Å²) in [6.45, 7) is -0.689. The third kappa shape index (κ3) is 8.18. The smallest absolute Gasteiger partial charge is 0.297 e. The third-order valence-corrected chi connectivity index (χ3v) is 19.9. The van der Waals surface area contributed by atoms with E-state index < -0.39 is 0 Å². The van der Waals surface area contributed by atoms with Crippen LogP contribution in [0.1, 0.15) is 0 Å². The number of nitrogens with zero attached hydrogens (tertiary/aromatic N) is 6. The van der Waals surface area contributed by atoms with E-state index in [0.717, 1.165) is 157 Å². The number of benzene rings is 14. The van der Waals surface area contributed by atoms with Gasteiger partial charge in [0, 0.05) is 101 Å². The van der Waals surface area contributed by atoms with Crippen molar-refractivity contribution in [2.75, 3.05) is 29.4 Å². The van der Waals surface area contributed by atoms with Gasteiger partial charge in [-0.3, -0.25) is 0 Å². The molecule has 14 aromatic carbocycles. The van der Waals surface area contributed by atoms with Crippen molar-refractivity contribution in [3.8, 4) is 0 Å². The van der Waals surface area contributed by atoms with Gasteiger partial charge < -0.3 is 38.2 Å². The maximum absolute atomic E-state index is 7.58. The van der Waals surface area contributed by atoms with Crippen LogP contribution in [0.25, 0.3) is 32.9 Å². The van der Waals surface area contributed by atoms with E-state index >= 15 is 0 Å². The van der Waals surface area contributed by atoms with Gasteiger partial charge in [0.2, 0.25) is 0 Å². The Labute approximate surface area is 556 Å². The van der Waals surface area contributed by atoms with Crippen LogP contribution >= 0.6 is 0 Å². The van der Waals surface area contributed by atoms with Crippen molar-refractivity contribution in [1.29, 1.82) is 0 Å². The van der Waals surface area contributed by atoms with Gasteiger partial charge in [-0.25, -0.2) is 0 Å². The number of hydrogen-bond acceptors (Lipinski definition) is 8. The van der Waals surface area contributed by atoms with Gasteiger partial charge in [-0.2, -0.15) is 0 Å². The topological polar surface area (TPSA) is 45.7 Å². The maximum atomic E-state index is 7.58. The first kappa shape index (κ1) is 54.0. The van der Waals surface area contributed by atoms with Gasteiger partial charge >= 0.3 is 0 Å². The van der Waals surface area contributed by atoms with E-state index in [0.29, 0.717) is 0 Å². The zero-order chi connectivity index (χ0) is 63.0. The monoisotopic (exact) mass is 1230 g/mol. The van der Waals surface area contributed by atoms with Crippen LogP contribution in [0.5, 0.6) is 0 Å². The van der Waals surface area contributed by atoms with E-state index in [-0.39, 0.29) is 13.4 Å². The zero-order valence-electron chi connectivity index (χ0n) is 52.0. The largest absolute Gasteiger partial charge is 0.468 e. The fourth-order valence-electron chi connectivity index (χ4n) is 16.0. The van der Waals surface area contributed by atoms with E-state index in [1.54, 1.807) is 0 Å². The first-order valence-electron chi connectivity index (χ1n) is 32.9. The van der Waals surface area contributed by atoms with Gasteiger partial charge in [0.05, 0.1) is 22.7 Å². The van der Waals surface area contributed by atoms with Crippen LogP contribution in [0.15, 0.2) is 349 Å². The second-order valence-electron chi connectivity index (χ2n) is 25.1. The molecule has 0 radical (unpaired) electrons. The van der Waals surface area contributed by atoms with E-state index in [1.165, 1.54) is 10.9 Å². The van der Waals surface area contributed by atoms with Crippen LogP contribution in [0.3, 0.4) is 0 Å². The Kier molecular flexibility index (Phi) is 12.1. The molecule has 0 atom stereocenters. The van der Waals surface area contributed by atoms with Crippen LogP contribution in [0.4, 0.5) is 102 Å². The van der Waals surface area contributed by atoms with Crippen molar-refractivity contribution in [2.45, 2.75) is 0 Å². The lowest BCUT2D eigenvalue weighted by Crippen LogP contribution is -2.65. The summed E-state index contributed by atoms with van der Waals surface area (Å²) in [5.41, 5.74) is 28.1. The summed E-state index contributed by atoms with van der Waals surface area (Å²) in [5.74, 6) is 0. The lowest BCUT2D eigenvalue weighted by Gasteiger charge is -2.47. The van der Waals surface area contributed by atoms with Crippen molar-refractivity contribution >= 4 is 182 Å². The molecule has 0 N–H and O–H groups in total. The molecule has 2 aromatic heterocycles. The Balaban J connectivity index is 0.939. The molecule has 0 unspecified atom stereocenters. The highest BCUT2D eigenvalue weighted by Crippen LogP contribution is 2.54. The summed E-state index contributed by atoms with van der Waals surface area (Å²) in [6.07, 6.45) is 0. The summed E-state index contributed by atoms with van der Waals surface area (Å²) in [4.78, 5) is 14.9. The van der Waals surface area contributed by atoms with Crippen LogP contribution in [0.2, 0.25) is 0 Å². The zero-order valence-corrected chi connectivity index (χ0v) is 52.0. The Hall–Kier alpha value is -12.7. The average molecular weight is 1230 g/mol. The predicted octanol–water partition coefficient (Wildman–Crippen LogP) is 19.4. The normalized spacial score (nSPS) is 13.1. The van der Waals surface area contributed by atoms with E-state index in [1.807, 2.05) is 0 Å². The molecule has 6 heterocycles. The lowest BCUT2D eigenvalue weighted by atomic mass is 9.31. The summed E-state index contributed by atoms with van der Waals surface area (Å²) in [6, 6.07) is 124. The van der Waals surface area contributed by atoms with Crippen LogP contribution in [-0.4, -0.2) is 13.4 Å². The lowest BCUT2D eigenvalue weighted by molar-refractivity contribution is 0.651. The van der Waals surface area contributed by atoms with Gasteiger partial charge in [0.25, 0.3) is 13.4 Å². The predicted molar refractivity (Wildman–Crippen MR) is 401 cm³/mol. The molecule has 0 saturated heterocycles. The average Bonchev–Trinajstić information content (AvgIpc) is 0.947. The molecular formula is C86H56B2N6O2. The minimum atomic E-state index is -0.381. The maximum Gasteiger partial charge on any atom is 0.297 e. The Morgan fingerprint density at radius 2 is 0.562 bits per heavy atom. The fraction of sp³-hybridized carbons (Fsp3) is 0. The molecule has 10 heteroatoms. The Morgan fingerprint density at radius 3 is 1.01 bits per heavy atom. The van der Waals surface area contributed by atoms with Gasteiger partial charge in [0.1, 0.15) is 16.7 Å². The van der Waals surface area contributed by atoms with Crippen molar-refractivity contribution in [2.24, 2.45) is 0 Å². The fourth-order valence-corrected chi connectivity index (χ4v) is 16.0. The molecule has 0 fully saturated rings. The minimum absolute atomic E-state index is 0.308. The summed E-state index contributed by atoms with van der Waals surface area (Å²) < 4.78 is 14.6. The van der Waals surface area contributed by atoms with Gasteiger partial charge in [0.15, 0.2) is 0 Å². The number of para-hydroxylation sites is 10. The Morgan fingerprint density at radius 1 is 0.229 bits per heavy atom. The van der Waals surface area contributed by atoms with Crippen LogP contribution < -0.4 is 62.4 Å². The first-order chi connectivity index (χ1) is 47.7. The van der Waals surface area contributed by atoms with Crippen molar-refractivity contribution in [1.82, 2.24) is 0 Å². The van der Waals surface area contributed by atoms with E-state index in [4.69, 9.17) is 8.83 Å². The van der Waals surface area contributed by atoms with E-state index in [9.17, 15) is 0 Å². The molecule has 4 aliphatic heterocycles.